The van der Waals surface area contributed by atoms with Gasteiger partial charge in [0.1, 0.15) is 0 Å². The molecule has 17 heavy (non-hydrogen) atoms. The van der Waals surface area contributed by atoms with Crippen molar-refractivity contribution in [2.24, 2.45) is 17.6 Å². The van der Waals surface area contributed by atoms with Crippen molar-refractivity contribution in [2.45, 2.75) is 57.9 Å². The third-order valence-corrected chi connectivity index (χ3v) is 4.53. The Hall–Kier alpha value is -0.570. The van der Waals surface area contributed by atoms with Crippen LogP contribution < -0.4 is 5.73 Å². The Kier molecular flexibility index (Phi) is 4.43. The first-order valence-corrected chi connectivity index (χ1v) is 7.23. The van der Waals surface area contributed by atoms with Crippen molar-refractivity contribution in [2.75, 3.05) is 13.1 Å². The summed E-state index contributed by atoms with van der Waals surface area (Å²) < 4.78 is 0. The van der Waals surface area contributed by atoms with Crippen LogP contribution in [0.15, 0.2) is 0 Å². The van der Waals surface area contributed by atoms with Crippen LogP contribution in [0.3, 0.4) is 0 Å². The van der Waals surface area contributed by atoms with Crippen molar-refractivity contribution in [1.82, 2.24) is 4.90 Å². The molecule has 98 valence electrons. The van der Waals surface area contributed by atoms with Crippen molar-refractivity contribution in [3.63, 3.8) is 0 Å². The maximum atomic E-state index is 12.5. The van der Waals surface area contributed by atoms with Crippen molar-refractivity contribution in [1.29, 1.82) is 0 Å². The van der Waals surface area contributed by atoms with Crippen LogP contribution in [0.5, 0.6) is 0 Å². The van der Waals surface area contributed by atoms with Crippen molar-refractivity contribution >= 4 is 5.91 Å². The summed E-state index contributed by atoms with van der Waals surface area (Å²) in [5, 5.41) is 0. The standard InChI is InChI=1S/C14H26N2O/c1-11-5-7-12(8-6-11)14(17)16(10-9-15)13-3-2-4-13/h11-13H,2-10,15H2,1H3. The van der Waals surface area contributed by atoms with Gasteiger partial charge in [-0.1, -0.05) is 6.92 Å². The van der Waals surface area contributed by atoms with Gasteiger partial charge < -0.3 is 10.6 Å². The van der Waals surface area contributed by atoms with Gasteiger partial charge in [0.15, 0.2) is 0 Å². The number of carbonyl (C=O) groups excluding carboxylic acids is 1. The van der Waals surface area contributed by atoms with E-state index in [0.29, 0.717) is 24.4 Å². The molecule has 2 aliphatic carbocycles. The van der Waals surface area contributed by atoms with Gasteiger partial charge in [-0.15, -0.1) is 0 Å². The average molecular weight is 238 g/mol. The molecule has 0 aromatic carbocycles. The Morgan fingerprint density at radius 3 is 2.29 bits per heavy atom. The topological polar surface area (TPSA) is 46.3 Å². The first kappa shape index (κ1) is 12.9. The third-order valence-electron chi connectivity index (χ3n) is 4.53. The highest BCUT2D eigenvalue weighted by Gasteiger charge is 2.33. The van der Waals surface area contributed by atoms with Gasteiger partial charge in [0.05, 0.1) is 0 Å². The van der Waals surface area contributed by atoms with E-state index in [9.17, 15) is 4.79 Å². The van der Waals surface area contributed by atoms with E-state index in [4.69, 9.17) is 5.73 Å². The zero-order valence-electron chi connectivity index (χ0n) is 11.0. The number of nitrogens with two attached hydrogens (primary N) is 1. The molecule has 0 spiro atoms. The number of nitrogens with zero attached hydrogens (tertiary/aromatic N) is 1. The van der Waals surface area contributed by atoms with Gasteiger partial charge in [0.2, 0.25) is 5.91 Å². The van der Waals surface area contributed by atoms with E-state index in [2.05, 4.69) is 11.8 Å². The Morgan fingerprint density at radius 2 is 1.82 bits per heavy atom. The smallest absolute Gasteiger partial charge is 0.225 e. The van der Waals surface area contributed by atoms with E-state index < -0.39 is 0 Å². The number of amides is 1. The van der Waals surface area contributed by atoms with Crippen LogP contribution >= 0.6 is 0 Å². The van der Waals surface area contributed by atoms with Crippen LogP contribution in [0.2, 0.25) is 0 Å². The van der Waals surface area contributed by atoms with Crippen LogP contribution in [0.1, 0.15) is 51.9 Å². The molecule has 2 rings (SSSR count). The highest BCUT2D eigenvalue weighted by Crippen LogP contribution is 2.32. The van der Waals surface area contributed by atoms with Crippen molar-refractivity contribution in [3.05, 3.63) is 0 Å². The van der Waals surface area contributed by atoms with Crippen molar-refractivity contribution in [3.8, 4) is 0 Å². The van der Waals surface area contributed by atoms with Gasteiger partial charge in [-0.2, -0.15) is 0 Å². The Bertz CT molecular complexity index is 255. The van der Waals surface area contributed by atoms with Gasteiger partial charge in [-0.05, 0) is 50.9 Å². The number of hydrogen-bond acceptors (Lipinski definition) is 2. The fourth-order valence-corrected chi connectivity index (χ4v) is 3.05. The van der Waals surface area contributed by atoms with Crippen molar-refractivity contribution < 1.29 is 4.79 Å². The summed E-state index contributed by atoms with van der Waals surface area (Å²) >= 11 is 0. The summed E-state index contributed by atoms with van der Waals surface area (Å²) in [5.74, 6) is 1.50. The first-order chi connectivity index (χ1) is 8.22. The van der Waals surface area contributed by atoms with E-state index >= 15 is 0 Å². The number of rotatable bonds is 4. The minimum atomic E-state index is 0.290. The average Bonchev–Trinajstić information content (AvgIpc) is 2.26. The molecule has 3 nitrogen and oxygen atoms in total. The molecular formula is C14H26N2O. The monoisotopic (exact) mass is 238 g/mol. The second kappa shape index (κ2) is 5.85. The second-order valence-corrected chi connectivity index (χ2v) is 5.86. The lowest BCUT2D eigenvalue weighted by molar-refractivity contribution is -0.140. The van der Waals surface area contributed by atoms with Crippen LogP contribution in [0.25, 0.3) is 0 Å². The quantitative estimate of drug-likeness (QED) is 0.815. The van der Waals surface area contributed by atoms with E-state index in [1.54, 1.807) is 0 Å². The van der Waals surface area contributed by atoms with Gasteiger partial charge >= 0.3 is 0 Å². The summed E-state index contributed by atoms with van der Waals surface area (Å²) in [7, 11) is 0. The molecule has 0 heterocycles. The van der Waals surface area contributed by atoms with Gasteiger partial charge in [0, 0.05) is 25.0 Å². The maximum absolute atomic E-state index is 12.5. The molecule has 3 heteroatoms. The lowest BCUT2D eigenvalue weighted by atomic mass is 9.81. The Balaban J connectivity index is 1.90. The van der Waals surface area contributed by atoms with E-state index in [1.807, 2.05) is 0 Å². The molecule has 0 bridgehead atoms. The highest BCUT2D eigenvalue weighted by atomic mass is 16.2. The maximum Gasteiger partial charge on any atom is 0.225 e. The molecular weight excluding hydrogens is 212 g/mol. The van der Waals surface area contributed by atoms with E-state index in [0.717, 1.165) is 25.3 Å². The molecule has 0 aromatic rings. The fourth-order valence-electron chi connectivity index (χ4n) is 3.05. The normalized spacial score (nSPS) is 29.8. The molecule has 0 unspecified atom stereocenters. The summed E-state index contributed by atoms with van der Waals surface area (Å²) in [6.45, 7) is 3.66. The molecule has 2 fully saturated rings. The zero-order valence-corrected chi connectivity index (χ0v) is 11.0. The van der Waals surface area contributed by atoms with Crippen LogP contribution in [0.4, 0.5) is 0 Å². The molecule has 0 atom stereocenters. The van der Waals surface area contributed by atoms with Gasteiger partial charge in [-0.3, -0.25) is 4.79 Å². The van der Waals surface area contributed by atoms with Gasteiger partial charge in [-0.25, -0.2) is 0 Å². The second-order valence-electron chi connectivity index (χ2n) is 5.86. The summed E-state index contributed by atoms with van der Waals surface area (Å²) in [4.78, 5) is 14.6. The highest BCUT2D eigenvalue weighted by molar-refractivity contribution is 5.79. The fraction of sp³-hybridized carbons (Fsp3) is 0.929. The molecule has 0 radical (unpaired) electrons. The SMILES string of the molecule is CC1CCC(C(=O)N(CCN)C2CCC2)CC1. The number of hydrogen-bond donors (Lipinski definition) is 1. The minimum Gasteiger partial charge on any atom is -0.338 e. The van der Waals surface area contributed by atoms with Crippen LogP contribution in [-0.2, 0) is 4.79 Å². The predicted octanol–water partition coefficient (Wildman–Crippen LogP) is 2.15. The molecule has 0 aliphatic heterocycles. The molecule has 0 saturated heterocycles. The first-order valence-electron chi connectivity index (χ1n) is 7.23. The summed E-state index contributed by atoms with van der Waals surface area (Å²) in [6, 6.07) is 0.505. The summed E-state index contributed by atoms with van der Waals surface area (Å²) in [5.41, 5.74) is 5.64. The predicted molar refractivity (Wildman–Crippen MR) is 69.5 cm³/mol. The molecule has 0 aromatic heterocycles. The van der Waals surface area contributed by atoms with E-state index in [-0.39, 0.29) is 0 Å². The van der Waals surface area contributed by atoms with Gasteiger partial charge in [0.25, 0.3) is 0 Å². The summed E-state index contributed by atoms with van der Waals surface area (Å²) in [6.07, 6.45) is 8.28. The Morgan fingerprint density at radius 1 is 1.18 bits per heavy atom. The molecule has 2 aliphatic rings. The largest absolute Gasteiger partial charge is 0.338 e. The molecule has 2 N–H and O–H groups in total. The zero-order chi connectivity index (χ0) is 12.3. The van der Waals surface area contributed by atoms with E-state index in [1.165, 1.54) is 32.1 Å². The lowest BCUT2D eigenvalue weighted by Crippen LogP contribution is -2.49. The lowest BCUT2D eigenvalue weighted by Gasteiger charge is -2.40. The number of carbonyl (C=O) groups is 1. The Labute approximate surface area is 105 Å². The molecule has 1 amide bonds. The van der Waals surface area contributed by atoms with Crippen LogP contribution in [0, 0.1) is 11.8 Å². The third kappa shape index (κ3) is 3.01. The minimum absolute atomic E-state index is 0.290. The molecule has 2 saturated carbocycles. The van der Waals surface area contributed by atoms with Crippen LogP contribution in [-0.4, -0.2) is 29.9 Å².